The first-order chi connectivity index (χ1) is 15.5. The van der Waals surface area contributed by atoms with Crippen molar-refractivity contribution in [3.63, 3.8) is 0 Å². The zero-order valence-electron chi connectivity index (χ0n) is 18.7. The fraction of sp³-hybridized carbons (Fsp3) is 0.320. The second-order valence-corrected chi connectivity index (χ2v) is 8.90. The van der Waals surface area contributed by atoms with Gasteiger partial charge in [-0.25, -0.2) is 4.52 Å². The first kappa shape index (κ1) is 22.0. The number of nitrogens with zero attached hydrogens (tertiary/aromatic N) is 3. The number of benzene rings is 2. The van der Waals surface area contributed by atoms with Crippen molar-refractivity contribution < 1.29 is 9.53 Å². The molecule has 0 atom stereocenters. The van der Waals surface area contributed by atoms with Crippen molar-refractivity contribution >= 4 is 22.2 Å². The number of unbranched alkanes of at least 4 members (excludes halogenated alkanes) is 1. The summed E-state index contributed by atoms with van der Waals surface area (Å²) >= 11 is 1.62. The van der Waals surface area contributed by atoms with E-state index in [4.69, 9.17) is 9.72 Å². The molecule has 2 heterocycles. The number of rotatable bonds is 9. The highest BCUT2D eigenvalue weighted by Gasteiger charge is 2.14. The van der Waals surface area contributed by atoms with Crippen molar-refractivity contribution in [2.24, 2.45) is 0 Å². The molecule has 7 heteroatoms. The van der Waals surface area contributed by atoms with Gasteiger partial charge in [0.05, 0.1) is 12.3 Å². The molecule has 1 N–H and O–H groups in total. The van der Waals surface area contributed by atoms with Crippen LogP contribution < -0.4 is 10.1 Å². The molecular weight excluding hydrogens is 420 g/mol. The van der Waals surface area contributed by atoms with Crippen LogP contribution in [0.2, 0.25) is 0 Å². The SMILES string of the molecule is CCCCOc1ccc(C(=O)NCCc2sc3nc(-c4ccc(C)cc4)nn3c2C)cc1. The van der Waals surface area contributed by atoms with Crippen molar-refractivity contribution in [3.8, 4) is 17.1 Å². The van der Waals surface area contributed by atoms with Crippen LogP contribution in [0.25, 0.3) is 16.3 Å². The maximum Gasteiger partial charge on any atom is 0.251 e. The number of ether oxygens (including phenoxy) is 1. The second kappa shape index (κ2) is 9.96. The molecule has 2 aromatic heterocycles. The molecule has 0 fully saturated rings. The molecule has 4 rings (SSSR count). The van der Waals surface area contributed by atoms with Crippen molar-refractivity contribution in [3.05, 3.63) is 70.2 Å². The molecule has 0 bridgehead atoms. The van der Waals surface area contributed by atoms with E-state index >= 15 is 0 Å². The third-order valence-corrected chi connectivity index (χ3v) is 6.54. The van der Waals surface area contributed by atoms with Crippen LogP contribution in [0, 0.1) is 13.8 Å². The smallest absolute Gasteiger partial charge is 0.251 e. The Labute approximate surface area is 192 Å². The topological polar surface area (TPSA) is 68.5 Å². The standard InChI is InChI=1S/C25H28N4O2S/c1-4-5-16-31-21-12-10-20(11-13-21)24(30)26-15-14-22-18(3)29-25(32-22)27-23(28-29)19-8-6-17(2)7-9-19/h6-13H,4-5,14-16H2,1-3H3,(H,26,30). The molecule has 32 heavy (non-hydrogen) atoms. The Bertz CT molecular complexity index is 1190. The molecule has 0 spiro atoms. The van der Waals surface area contributed by atoms with Crippen LogP contribution in [0.15, 0.2) is 48.5 Å². The lowest BCUT2D eigenvalue weighted by Crippen LogP contribution is -2.25. The van der Waals surface area contributed by atoms with E-state index in [-0.39, 0.29) is 5.91 Å². The number of aryl methyl sites for hydroxylation is 2. The van der Waals surface area contributed by atoms with Gasteiger partial charge in [-0.15, -0.1) is 5.10 Å². The molecular formula is C25H28N4O2S. The average molecular weight is 449 g/mol. The third kappa shape index (κ3) is 4.99. The van der Waals surface area contributed by atoms with Crippen LogP contribution in [0.5, 0.6) is 5.75 Å². The van der Waals surface area contributed by atoms with E-state index in [0.717, 1.165) is 47.1 Å². The van der Waals surface area contributed by atoms with Crippen LogP contribution in [0.1, 0.15) is 46.3 Å². The molecule has 0 aliphatic rings. The summed E-state index contributed by atoms with van der Waals surface area (Å²) in [5.41, 5.74) is 3.93. The van der Waals surface area contributed by atoms with E-state index in [1.165, 1.54) is 10.4 Å². The Morgan fingerprint density at radius 2 is 1.84 bits per heavy atom. The van der Waals surface area contributed by atoms with Crippen LogP contribution in [0.3, 0.4) is 0 Å². The van der Waals surface area contributed by atoms with Gasteiger partial charge < -0.3 is 10.1 Å². The number of carbonyl (C=O) groups is 1. The minimum absolute atomic E-state index is 0.0797. The summed E-state index contributed by atoms with van der Waals surface area (Å²) in [7, 11) is 0. The van der Waals surface area contributed by atoms with E-state index in [1.807, 2.05) is 35.7 Å². The predicted octanol–water partition coefficient (Wildman–Crippen LogP) is 5.23. The first-order valence-corrected chi connectivity index (χ1v) is 11.8. The van der Waals surface area contributed by atoms with Gasteiger partial charge in [-0.05, 0) is 44.5 Å². The molecule has 0 unspecified atom stereocenters. The molecule has 2 aromatic carbocycles. The van der Waals surface area contributed by atoms with Crippen molar-refractivity contribution in [2.75, 3.05) is 13.2 Å². The largest absolute Gasteiger partial charge is 0.494 e. The lowest BCUT2D eigenvalue weighted by atomic mass is 10.1. The van der Waals surface area contributed by atoms with Crippen molar-refractivity contribution in [1.29, 1.82) is 0 Å². The molecule has 1 amide bonds. The second-order valence-electron chi connectivity index (χ2n) is 7.84. The Hall–Kier alpha value is -3.19. The highest BCUT2D eigenvalue weighted by Crippen LogP contribution is 2.25. The van der Waals surface area contributed by atoms with E-state index in [1.54, 1.807) is 23.5 Å². The van der Waals surface area contributed by atoms with Gasteiger partial charge in [0, 0.05) is 29.0 Å². The van der Waals surface area contributed by atoms with Crippen LogP contribution >= 0.6 is 11.3 Å². The number of hydrogen-bond donors (Lipinski definition) is 1. The van der Waals surface area contributed by atoms with Crippen LogP contribution in [-0.4, -0.2) is 33.7 Å². The lowest BCUT2D eigenvalue weighted by Gasteiger charge is -2.07. The molecule has 0 aliphatic heterocycles. The molecule has 0 saturated heterocycles. The molecule has 166 valence electrons. The molecule has 0 aliphatic carbocycles. The van der Waals surface area contributed by atoms with Gasteiger partial charge in [-0.2, -0.15) is 4.98 Å². The number of nitrogens with one attached hydrogen (secondary N) is 1. The zero-order valence-corrected chi connectivity index (χ0v) is 19.5. The maximum absolute atomic E-state index is 12.5. The number of carbonyl (C=O) groups excluding carboxylic acids is 1. The van der Waals surface area contributed by atoms with Crippen molar-refractivity contribution in [2.45, 2.75) is 40.0 Å². The third-order valence-electron chi connectivity index (χ3n) is 5.34. The summed E-state index contributed by atoms with van der Waals surface area (Å²) in [4.78, 5) is 19.2. The van der Waals surface area contributed by atoms with E-state index in [9.17, 15) is 4.79 Å². The Morgan fingerprint density at radius 3 is 2.53 bits per heavy atom. The quantitative estimate of drug-likeness (QED) is 0.356. The Kier molecular flexibility index (Phi) is 6.85. The Balaban J connectivity index is 1.34. The Morgan fingerprint density at radius 1 is 1.09 bits per heavy atom. The van der Waals surface area contributed by atoms with Crippen molar-refractivity contribution in [1.82, 2.24) is 19.9 Å². The molecule has 6 nitrogen and oxygen atoms in total. The molecule has 0 radical (unpaired) electrons. The number of hydrogen-bond acceptors (Lipinski definition) is 5. The predicted molar refractivity (Wildman–Crippen MR) is 129 cm³/mol. The highest BCUT2D eigenvalue weighted by molar-refractivity contribution is 7.17. The zero-order chi connectivity index (χ0) is 22.5. The van der Waals surface area contributed by atoms with E-state index in [0.29, 0.717) is 18.7 Å². The number of fused-ring (bicyclic) bond motifs is 1. The molecule has 4 aromatic rings. The average Bonchev–Trinajstić information content (AvgIpc) is 3.34. The number of aromatic nitrogens is 3. The summed E-state index contributed by atoms with van der Waals surface area (Å²) < 4.78 is 7.55. The fourth-order valence-electron chi connectivity index (χ4n) is 3.37. The normalized spacial score (nSPS) is 11.1. The summed E-state index contributed by atoms with van der Waals surface area (Å²) in [6.45, 7) is 7.50. The highest BCUT2D eigenvalue weighted by atomic mass is 32.1. The van der Waals surface area contributed by atoms with Gasteiger partial charge >= 0.3 is 0 Å². The van der Waals surface area contributed by atoms with Gasteiger partial charge in [0.1, 0.15) is 5.75 Å². The maximum atomic E-state index is 12.5. The van der Waals surface area contributed by atoms with Gasteiger partial charge in [-0.3, -0.25) is 4.79 Å². The minimum Gasteiger partial charge on any atom is -0.494 e. The summed E-state index contributed by atoms with van der Waals surface area (Å²) in [6.07, 6.45) is 2.86. The number of thiazole rings is 1. The molecule has 0 saturated carbocycles. The number of amides is 1. The van der Waals surface area contributed by atoms with Crippen LogP contribution in [-0.2, 0) is 6.42 Å². The van der Waals surface area contributed by atoms with Gasteiger partial charge in [0.25, 0.3) is 5.91 Å². The monoisotopic (exact) mass is 448 g/mol. The van der Waals surface area contributed by atoms with E-state index in [2.05, 4.69) is 36.4 Å². The lowest BCUT2D eigenvalue weighted by molar-refractivity contribution is 0.0954. The first-order valence-electron chi connectivity index (χ1n) is 11.0. The summed E-state index contributed by atoms with van der Waals surface area (Å²) in [5.74, 6) is 1.45. The van der Waals surface area contributed by atoms with Gasteiger partial charge in [-0.1, -0.05) is 54.5 Å². The summed E-state index contributed by atoms with van der Waals surface area (Å²) in [5, 5.41) is 7.68. The van der Waals surface area contributed by atoms with Gasteiger partial charge in [0.15, 0.2) is 5.82 Å². The fourth-order valence-corrected chi connectivity index (χ4v) is 4.42. The van der Waals surface area contributed by atoms with E-state index < -0.39 is 0 Å². The minimum atomic E-state index is -0.0797. The van der Waals surface area contributed by atoms with Gasteiger partial charge in [0.2, 0.25) is 4.96 Å². The summed E-state index contributed by atoms with van der Waals surface area (Å²) in [6, 6.07) is 15.5. The van der Waals surface area contributed by atoms with Crippen LogP contribution in [0.4, 0.5) is 0 Å².